The summed E-state index contributed by atoms with van der Waals surface area (Å²) in [6, 6.07) is 21.1. The number of carbonyl (C=O) groups is 1. The van der Waals surface area contributed by atoms with Crippen molar-refractivity contribution in [3.8, 4) is 11.4 Å². The van der Waals surface area contributed by atoms with Crippen LogP contribution in [0.2, 0.25) is 5.02 Å². The van der Waals surface area contributed by atoms with Gasteiger partial charge in [-0.15, -0.1) is 0 Å². The molecule has 0 unspecified atom stereocenters. The van der Waals surface area contributed by atoms with E-state index in [-0.39, 0.29) is 5.91 Å². The van der Waals surface area contributed by atoms with Crippen molar-refractivity contribution in [2.75, 3.05) is 7.11 Å². The molecule has 1 heterocycles. The molecular formula is C24H20ClN3O2. The van der Waals surface area contributed by atoms with Gasteiger partial charge < -0.3 is 9.30 Å². The lowest BCUT2D eigenvalue weighted by Crippen LogP contribution is -2.18. The monoisotopic (exact) mass is 417 g/mol. The van der Waals surface area contributed by atoms with Crippen LogP contribution >= 0.6 is 11.6 Å². The Hall–Kier alpha value is -3.57. The zero-order chi connectivity index (χ0) is 21.1. The lowest BCUT2D eigenvalue weighted by atomic mass is 10.1. The number of hydrazone groups is 1. The molecule has 0 aliphatic heterocycles. The van der Waals surface area contributed by atoms with E-state index in [9.17, 15) is 4.79 Å². The first-order valence-electron chi connectivity index (χ1n) is 9.41. The topological polar surface area (TPSA) is 55.6 Å². The first kappa shape index (κ1) is 19.7. The summed E-state index contributed by atoms with van der Waals surface area (Å²) < 4.78 is 7.34. The summed E-state index contributed by atoms with van der Waals surface area (Å²) in [7, 11) is 1.55. The van der Waals surface area contributed by atoms with E-state index in [0.29, 0.717) is 16.3 Å². The second-order valence-electron chi connectivity index (χ2n) is 6.84. The molecule has 0 spiro atoms. The van der Waals surface area contributed by atoms with E-state index in [0.717, 1.165) is 27.7 Å². The molecular weight excluding hydrogens is 398 g/mol. The van der Waals surface area contributed by atoms with Crippen LogP contribution < -0.4 is 10.2 Å². The van der Waals surface area contributed by atoms with Crippen molar-refractivity contribution in [2.45, 2.75) is 6.92 Å². The molecule has 1 amide bonds. The zero-order valence-electron chi connectivity index (χ0n) is 16.6. The van der Waals surface area contributed by atoms with Crippen LogP contribution in [0.1, 0.15) is 21.6 Å². The molecule has 5 nitrogen and oxygen atoms in total. The Kier molecular flexibility index (Phi) is 5.55. The summed E-state index contributed by atoms with van der Waals surface area (Å²) >= 11 is 6.25. The fourth-order valence-corrected chi connectivity index (χ4v) is 3.42. The fraction of sp³-hybridized carbons (Fsp3) is 0.0833. The molecule has 30 heavy (non-hydrogen) atoms. The SMILES string of the molecule is COc1cc2ccccc2cc1C(=O)N/N=C\c1cccn1-c1ccc(C)c(Cl)c1. The number of fused-ring (bicyclic) bond motifs is 1. The van der Waals surface area contributed by atoms with Gasteiger partial charge in [-0.05, 0) is 59.7 Å². The second-order valence-corrected chi connectivity index (χ2v) is 7.24. The number of methoxy groups -OCH3 is 1. The van der Waals surface area contributed by atoms with Gasteiger partial charge in [-0.3, -0.25) is 4.79 Å². The smallest absolute Gasteiger partial charge is 0.275 e. The first-order valence-corrected chi connectivity index (χ1v) is 9.78. The third-order valence-corrected chi connectivity index (χ3v) is 5.30. The summed E-state index contributed by atoms with van der Waals surface area (Å²) in [5, 5.41) is 6.79. The molecule has 3 aromatic carbocycles. The molecule has 0 saturated heterocycles. The highest BCUT2D eigenvalue weighted by atomic mass is 35.5. The second kappa shape index (κ2) is 8.43. The third kappa shape index (κ3) is 3.93. The van der Waals surface area contributed by atoms with Crippen LogP contribution in [0.3, 0.4) is 0 Å². The van der Waals surface area contributed by atoms with Gasteiger partial charge in [0.1, 0.15) is 5.75 Å². The van der Waals surface area contributed by atoms with E-state index in [2.05, 4.69) is 10.5 Å². The fourth-order valence-electron chi connectivity index (χ4n) is 3.25. The van der Waals surface area contributed by atoms with Crippen molar-refractivity contribution in [1.29, 1.82) is 0 Å². The number of halogens is 1. The van der Waals surface area contributed by atoms with Crippen LogP contribution in [0.4, 0.5) is 0 Å². The third-order valence-electron chi connectivity index (χ3n) is 4.89. The Morgan fingerprint density at radius 2 is 1.83 bits per heavy atom. The number of hydrogen-bond donors (Lipinski definition) is 1. The predicted molar refractivity (Wildman–Crippen MR) is 121 cm³/mol. The van der Waals surface area contributed by atoms with Crippen LogP contribution in [0.25, 0.3) is 16.5 Å². The number of ether oxygens (including phenoxy) is 1. The number of aromatic nitrogens is 1. The van der Waals surface area contributed by atoms with Crippen molar-refractivity contribution >= 4 is 34.5 Å². The van der Waals surface area contributed by atoms with Gasteiger partial charge in [-0.25, -0.2) is 5.43 Å². The maximum atomic E-state index is 12.7. The van der Waals surface area contributed by atoms with Gasteiger partial charge in [0.05, 0.1) is 24.6 Å². The molecule has 0 bridgehead atoms. The van der Waals surface area contributed by atoms with E-state index >= 15 is 0 Å². The van der Waals surface area contributed by atoms with Crippen LogP contribution in [-0.2, 0) is 0 Å². The Bertz CT molecular complexity index is 1260. The lowest BCUT2D eigenvalue weighted by Gasteiger charge is -2.10. The number of aryl methyl sites for hydroxylation is 1. The quantitative estimate of drug-likeness (QED) is 0.351. The molecule has 0 saturated carbocycles. The molecule has 0 atom stereocenters. The first-order chi connectivity index (χ1) is 14.6. The van der Waals surface area contributed by atoms with Crippen molar-refractivity contribution < 1.29 is 9.53 Å². The number of carbonyl (C=O) groups excluding carboxylic acids is 1. The number of rotatable bonds is 5. The van der Waals surface area contributed by atoms with Crippen LogP contribution in [0, 0.1) is 6.92 Å². The minimum atomic E-state index is -0.342. The highest BCUT2D eigenvalue weighted by Gasteiger charge is 2.13. The standard InChI is InChI=1S/C24H20ClN3O2/c1-16-9-10-19(14-22(16)25)28-11-5-8-20(28)15-26-27-24(29)21-12-17-6-3-4-7-18(17)13-23(21)30-2/h3-15H,1-2H3,(H,27,29)/b26-15-. The molecule has 0 aliphatic rings. The molecule has 150 valence electrons. The molecule has 0 radical (unpaired) electrons. The van der Waals surface area contributed by atoms with E-state index < -0.39 is 0 Å². The minimum absolute atomic E-state index is 0.342. The summed E-state index contributed by atoms with van der Waals surface area (Å²) in [5.41, 5.74) is 5.75. The predicted octanol–water partition coefficient (Wildman–Crippen LogP) is 5.36. The summed E-state index contributed by atoms with van der Waals surface area (Å²) in [5.74, 6) is 0.157. The Morgan fingerprint density at radius 3 is 2.57 bits per heavy atom. The molecule has 6 heteroatoms. The van der Waals surface area contributed by atoms with Gasteiger partial charge in [0.15, 0.2) is 0 Å². The zero-order valence-corrected chi connectivity index (χ0v) is 17.4. The molecule has 1 aromatic heterocycles. The van der Waals surface area contributed by atoms with Crippen molar-refractivity contribution in [3.05, 3.63) is 94.8 Å². The molecule has 0 fully saturated rings. The Balaban J connectivity index is 1.56. The van der Waals surface area contributed by atoms with Crippen LogP contribution in [0.5, 0.6) is 5.75 Å². The molecule has 4 aromatic rings. The van der Waals surface area contributed by atoms with E-state index in [1.807, 2.05) is 78.4 Å². The van der Waals surface area contributed by atoms with Crippen molar-refractivity contribution in [1.82, 2.24) is 9.99 Å². The number of amides is 1. The van der Waals surface area contributed by atoms with Gasteiger partial charge >= 0.3 is 0 Å². The van der Waals surface area contributed by atoms with Crippen LogP contribution in [-0.4, -0.2) is 23.8 Å². The normalized spacial score (nSPS) is 11.2. The van der Waals surface area contributed by atoms with Gasteiger partial charge in [0, 0.05) is 16.9 Å². The van der Waals surface area contributed by atoms with Gasteiger partial charge in [-0.1, -0.05) is 41.9 Å². The maximum Gasteiger partial charge on any atom is 0.275 e. The summed E-state index contributed by atoms with van der Waals surface area (Å²) in [6.45, 7) is 1.96. The molecule has 1 N–H and O–H groups in total. The molecule has 4 rings (SSSR count). The largest absolute Gasteiger partial charge is 0.496 e. The van der Waals surface area contributed by atoms with Crippen molar-refractivity contribution in [3.63, 3.8) is 0 Å². The van der Waals surface area contributed by atoms with Crippen molar-refractivity contribution in [2.24, 2.45) is 5.10 Å². The Morgan fingerprint density at radius 1 is 1.07 bits per heavy atom. The number of nitrogens with zero attached hydrogens (tertiary/aromatic N) is 2. The minimum Gasteiger partial charge on any atom is -0.496 e. The average molecular weight is 418 g/mol. The van der Waals surface area contributed by atoms with Gasteiger partial charge in [-0.2, -0.15) is 5.10 Å². The highest BCUT2D eigenvalue weighted by Crippen LogP contribution is 2.26. The van der Waals surface area contributed by atoms with Gasteiger partial charge in [0.2, 0.25) is 0 Å². The summed E-state index contributed by atoms with van der Waals surface area (Å²) in [4.78, 5) is 12.7. The maximum absolute atomic E-state index is 12.7. The Labute approximate surface area is 179 Å². The number of benzene rings is 3. The highest BCUT2D eigenvalue weighted by molar-refractivity contribution is 6.31. The lowest BCUT2D eigenvalue weighted by molar-refractivity contribution is 0.0952. The van der Waals surface area contributed by atoms with Crippen LogP contribution in [0.15, 0.2) is 78.0 Å². The molecule has 0 aliphatic carbocycles. The summed E-state index contributed by atoms with van der Waals surface area (Å²) in [6.07, 6.45) is 3.51. The van der Waals surface area contributed by atoms with E-state index in [1.54, 1.807) is 19.4 Å². The number of hydrogen-bond acceptors (Lipinski definition) is 3. The van der Waals surface area contributed by atoms with E-state index in [1.165, 1.54) is 0 Å². The average Bonchev–Trinajstić information content (AvgIpc) is 3.23. The van der Waals surface area contributed by atoms with Gasteiger partial charge in [0.25, 0.3) is 5.91 Å². The van der Waals surface area contributed by atoms with E-state index in [4.69, 9.17) is 16.3 Å². The number of nitrogens with one attached hydrogen (secondary N) is 1.